The molecular weight excluding hydrogens is 370 g/mol. The van der Waals surface area contributed by atoms with Crippen LogP contribution in [0.5, 0.6) is 5.88 Å². The lowest BCUT2D eigenvalue weighted by molar-refractivity contribution is 0.382. The molecule has 3 aromatic rings. The van der Waals surface area contributed by atoms with Gasteiger partial charge in [0.25, 0.3) is 0 Å². The maximum atomic E-state index is 5.79. The molecule has 0 bridgehead atoms. The van der Waals surface area contributed by atoms with Gasteiger partial charge in [-0.1, -0.05) is 31.6 Å². The first-order valence-corrected chi connectivity index (χ1v) is 10.3. The minimum atomic E-state index is 0.280. The average Bonchev–Trinajstić information content (AvgIpc) is 3.13. The summed E-state index contributed by atoms with van der Waals surface area (Å²) in [5.74, 6) is 3.75. The summed E-state index contributed by atoms with van der Waals surface area (Å²) in [5.41, 5.74) is 7.89. The number of aromatic nitrogens is 2. The summed E-state index contributed by atoms with van der Waals surface area (Å²) < 4.78 is 7.72. The van der Waals surface area contributed by atoms with Crippen LogP contribution in [0.1, 0.15) is 35.7 Å². The standard InChI is InChI=1S/C26H31N3O/c1-9-21-12-13-23(30-8)29-25(22-11-10-17(2)19(4)16-22)24(27-26(21)29)20(5)18(3)14-15-28(6)7/h1,10-13,16,18H,5,14-15H2,2-4,6-8H3. The lowest BCUT2D eigenvalue weighted by Crippen LogP contribution is -2.16. The summed E-state index contributed by atoms with van der Waals surface area (Å²) in [7, 11) is 5.85. The van der Waals surface area contributed by atoms with Crippen LogP contribution in [0.25, 0.3) is 22.5 Å². The van der Waals surface area contributed by atoms with Gasteiger partial charge in [0.2, 0.25) is 0 Å². The zero-order chi connectivity index (χ0) is 22.0. The van der Waals surface area contributed by atoms with Gasteiger partial charge in [0.05, 0.1) is 24.1 Å². The van der Waals surface area contributed by atoms with Crippen molar-refractivity contribution in [2.24, 2.45) is 5.92 Å². The Labute approximate surface area is 180 Å². The molecule has 1 unspecified atom stereocenters. The summed E-state index contributed by atoms with van der Waals surface area (Å²) in [6, 6.07) is 10.3. The molecular formula is C26H31N3O. The van der Waals surface area contributed by atoms with Crippen LogP contribution in [-0.2, 0) is 0 Å². The Morgan fingerprint density at radius 1 is 1.23 bits per heavy atom. The number of terminal acetylenes is 1. The smallest absolute Gasteiger partial charge is 0.199 e. The predicted molar refractivity (Wildman–Crippen MR) is 126 cm³/mol. The number of hydrogen-bond donors (Lipinski definition) is 0. The van der Waals surface area contributed by atoms with Crippen molar-refractivity contribution in [2.75, 3.05) is 27.7 Å². The summed E-state index contributed by atoms with van der Waals surface area (Å²) >= 11 is 0. The molecule has 0 saturated heterocycles. The highest BCUT2D eigenvalue weighted by molar-refractivity contribution is 5.82. The molecule has 4 nitrogen and oxygen atoms in total. The van der Waals surface area contributed by atoms with Gasteiger partial charge in [-0.05, 0) is 75.7 Å². The highest BCUT2D eigenvalue weighted by Gasteiger charge is 2.23. The van der Waals surface area contributed by atoms with Crippen LogP contribution in [0.15, 0.2) is 36.9 Å². The molecule has 2 heterocycles. The van der Waals surface area contributed by atoms with Gasteiger partial charge in [0.1, 0.15) is 0 Å². The van der Waals surface area contributed by atoms with Gasteiger partial charge >= 0.3 is 0 Å². The fourth-order valence-corrected chi connectivity index (χ4v) is 3.63. The van der Waals surface area contributed by atoms with Crippen LogP contribution in [0.2, 0.25) is 0 Å². The molecule has 0 spiro atoms. The zero-order valence-electron chi connectivity index (χ0n) is 18.9. The molecule has 0 N–H and O–H groups in total. The lowest BCUT2D eigenvalue weighted by atomic mass is 9.93. The summed E-state index contributed by atoms with van der Waals surface area (Å²) in [4.78, 5) is 7.19. The van der Waals surface area contributed by atoms with Gasteiger partial charge in [0, 0.05) is 11.6 Å². The molecule has 0 aliphatic carbocycles. The number of hydrogen-bond acceptors (Lipinski definition) is 3. The van der Waals surface area contributed by atoms with E-state index in [1.54, 1.807) is 7.11 Å². The first kappa shape index (κ1) is 21.7. The highest BCUT2D eigenvalue weighted by Crippen LogP contribution is 2.37. The van der Waals surface area contributed by atoms with Crippen molar-refractivity contribution < 1.29 is 4.74 Å². The van der Waals surface area contributed by atoms with E-state index in [0.29, 0.717) is 5.88 Å². The largest absolute Gasteiger partial charge is 0.482 e. The number of ether oxygens (including phenoxy) is 1. The quantitative estimate of drug-likeness (QED) is 0.509. The minimum absolute atomic E-state index is 0.280. The molecule has 0 aliphatic rings. The second-order valence-electron chi connectivity index (χ2n) is 8.22. The molecule has 0 fully saturated rings. The summed E-state index contributed by atoms with van der Waals surface area (Å²) in [6.45, 7) is 11.9. The predicted octanol–water partition coefficient (Wildman–Crippen LogP) is 5.21. The van der Waals surface area contributed by atoms with Gasteiger partial charge in [-0.3, -0.25) is 4.40 Å². The lowest BCUT2D eigenvalue weighted by Gasteiger charge is -2.18. The number of nitrogens with zero attached hydrogens (tertiary/aromatic N) is 3. The van der Waals surface area contributed by atoms with Crippen LogP contribution in [-0.4, -0.2) is 42.0 Å². The molecule has 0 radical (unpaired) electrons. The Hall–Kier alpha value is -3.03. The first-order chi connectivity index (χ1) is 14.3. The molecule has 0 saturated carbocycles. The van der Waals surface area contributed by atoms with Crippen LogP contribution in [0.3, 0.4) is 0 Å². The van der Waals surface area contributed by atoms with Gasteiger partial charge in [-0.2, -0.15) is 0 Å². The second-order valence-corrected chi connectivity index (χ2v) is 8.22. The van der Waals surface area contributed by atoms with E-state index >= 15 is 0 Å². The van der Waals surface area contributed by atoms with E-state index in [1.807, 2.05) is 16.5 Å². The van der Waals surface area contributed by atoms with E-state index in [0.717, 1.165) is 46.7 Å². The third kappa shape index (κ3) is 3.99. The second kappa shape index (κ2) is 8.77. The van der Waals surface area contributed by atoms with Crippen molar-refractivity contribution in [1.82, 2.24) is 14.3 Å². The number of allylic oxidation sites excluding steroid dienone is 1. The van der Waals surface area contributed by atoms with Gasteiger partial charge < -0.3 is 9.64 Å². The van der Waals surface area contributed by atoms with Crippen LogP contribution in [0.4, 0.5) is 0 Å². The van der Waals surface area contributed by atoms with Crippen molar-refractivity contribution in [1.29, 1.82) is 0 Å². The van der Waals surface area contributed by atoms with Crippen molar-refractivity contribution in [2.45, 2.75) is 27.2 Å². The summed E-state index contributed by atoms with van der Waals surface area (Å²) in [6.07, 6.45) is 6.80. The van der Waals surface area contributed by atoms with Crippen molar-refractivity contribution in [3.63, 3.8) is 0 Å². The van der Waals surface area contributed by atoms with E-state index in [-0.39, 0.29) is 5.92 Å². The van der Waals surface area contributed by atoms with Gasteiger partial charge in [-0.25, -0.2) is 4.98 Å². The molecule has 0 aliphatic heterocycles. The Balaban J connectivity index is 2.29. The van der Waals surface area contributed by atoms with Crippen LogP contribution < -0.4 is 4.74 Å². The number of benzene rings is 1. The molecule has 1 aromatic carbocycles. The maximum absolute atomic E-state index is 5.79. The number of rotatable bonds is 7. The first-order valence-electron chi connectivity index (χ1n) is 10.3. The van der Waals surface area contributed by atoms with Gasteiger partial charge in [-0.15, -0.1) is 6.42 Å². The molecule has 1 atom stereocenters. The van der Waals surface area contributed by atoms with Crippen molar-refractivity contribution >= 4 is 11.2 Å². The van der Waals surface area contributed by atoms with E-state index in [9.17, 15) is 0 Å². The van der Waals surface area contributed by atoms with E-state index in [4.69, 9.17) is 16.1 Å². The van der Waals surface area contributed by atoms with Crippen LogP contribution in [0, 0.1) is 32.1 Å². The third-order valence-electron chi connectivity index (χ3n) is 5.78. The number of imidazole rings is 1. The number of fused-ring (bicyclic) bond motifs is 1. The Morgan fingerprint density at radius 2 is 1.97 bits per heavy atom. The molecule has 30 heavy (non-hydrogen) atoms. The van der Waals surface area contributed by atoms with E-state index < -0.39 is 0 Å². The average molecular weight is 402 g/mol. The monoisotopic (exact) mass is 401 g/mol. The number of methoxy groups -OCH3 is 1. The fraction of sp³-hybridized carbons (Fsp3) is 0.346. The topological polar surface area (TPSA) is 29.8 Å². The van der Waals surface area contributed by atoms with E-state index in [1.165, 1.54) is 11.1 Å². The Morgan fingerprint density at radius 3 is 2.57 bits per heavy atom. The third-order valence-corrected chi connectivity index (χ3v) is 5.78. The molecule has 156 valence electrons. The highest BCUT2D eigenvalue weighted by atomic mass is 16.5. The van der Waals surface area contributed by atoms with Crippen LogP contribution >= 0.6 is 0 Å². The summed E-state index contributed by atoms with van der Waals surface area (Å²) in [5, 5.41) is 0. The molecule has 2 aromatic heterocycles. The van der Waals surface area contributed by atoms with E-state index in [2.05, 4.69) is 70.5 Å². The Kier molecular flexibility index (Phi) is 6.34. The zero-order valence-corrected chi connectivity index (χ0v) is 18.9. The fourth-order valence-electron chi connectivity index (χ4n) is 3.63. The van der Waals surface area contributed by atoms with Crippen molar-refractivity contribution in [3.05, 3.63) is 59.3 Å². The Bertz CT molecular complexity index is 1130. The number of pyridine rings is 1. The maximum Gasteiger partial charge on any atom is 0.199 e. The number of aryl methyl sites for hydroxylation is 2. The molecule has 4 heteroatoms. The molecule has 0 amide bonds. The van der Waals surface area contributed by atoms with Crippen molar-refractivity contribution in [3.8, 4) is 29.5 Å². The van der Waals surface area contributed by atoms with Gasteiger partial charge in [0.15, 0.2) is 11.5 Å². The normalized spacial score (nSPS) is 12.2. The SMILES string of the molecule is C#Cc1ccc(OC)n2c(-c3ccc(C)c(C)c3)c(C(=C)C(C)CCN(C)C)nc12. The minimum Gasteiger partial charge on any atom is -0.482 e. The molecule has 3 rings (SSSR count).